The topological polar surface area (TPSA) is 65.0 Å². The lowest BCUT2D eigenvalue weighted by atomic mass is 9.81. The van der Waals surface area contributed by atoms with Crippen molar-refractivity contribution in [2.75, 3.05) is 7.11 Å². The average Bonchev–Trinajstić information content (AvgIpc) is 2.66. The van der Waals surface area contributed by atoms with E-state index in [-0.39, 0.29) is 23.9 Å². The Hall–Kier alpha value is -2.43. The number of rotatable bonds is 4. The minimum Gasteiger partial charge on any atom is -0.508 e. The first-order valence-corrected chi connectivity index (χ1v) is 10.2. The van der Waals surface area contributed by atoms with E-state index in [1.54, 1.807) is 19.2 Å². The summed E-state index contributed by atoms with van der Waals surface area (Å²) in [6.45, 7) is 3.84. The van der Waals surface area contributed by atoms with Crippen molar-refractivity contribution in [1.82, 2.24) is 0 Å². The van der Waals surface area contributed by atoms with Crippen molar-refractivity contribution in [3.63, 3.8) is 0 Å². The van der Waals surface area contributed by atoms with E-state index in [0.29, 0.717) is 34.8 Å². The summed E-state index contributed by atoms with van der Waals surface area (Å²) in [7, 11) is 1.56. The van der Waals surface area contributed by atoms with Crippen LogP contribution in [0.5, 0.6) is 17.2 Å². The van der Waals surface area contributed by atoms with E-state index in [4.69, 9.17) is 14.2 Å². The number of cyclic esters (lactones) is 1. The number of hydrogen-bond donors (Lipinski definition) is 1. The van der Waals surface area contributed by atoms with Crippen molar-refractivity contribution < 1.29 is 24.1 Å². The Morgan fingerprint density at radius 1 is 1.14 bits per heavy atom. The molecule has 0 unspecified atom stereocenters. The lowest BCUT2D eigenvalue weighted by Crippen LogP contribution is -2.35. The van der Waals surface area contributed by atoms with E-state index in [2.05, 4.69) is 0 Å². The molecule has 0 radical (unpaired) electrons. The van der Waals surface area contributed by atoms with Crippen molar-refractivity contribution in [2.45, 2.75) is 64.6 Å². The zero-order valence-electron chi connectivity index (χ0n) is 16.8. The van der Waals surface area contributed by atoms with Crippen molar-refractivity contribution in [1.29, 1.82) is 0 Å². The van der Waals surface area contributed by atoms with Gasteiger partial charge in [0.15, 0.2) is 0 Å². The molecule has 150 valence electrons. The smallest absolute Gasteiger partial charge is 0.342 e. The Bertz CT molecular complexity index is 896. The third-order valence-corrected chi connectivity index (χ3v) is 5.85. The van der Waals surface area contributed by atoms with Crippen molar-refractivity contribution >= 4 is 16.7 Å². The number of phenolic OH excluding ortho intramolecular Hbond substituents is 1. The molecule has 28 heavy (non-hydrogen) atoms. The van der Waals surface area contributed by atoms with Crippen molar-refractivity contribution in [2.24, 2.45) is 5.92 Å². The SMILES string of the molecule is COc1c2c(cc3cc(O)cc(OC(C)C)c13)C[C@@H](C1CCCCC1)OC2=O. The Morgan fingerprint density at radius 2 is 1.89 bits per heavy atom. The minimum atomic E-state index is -0.320. The van der Waals surface area contributed by atoms with Gasteiger partial charge >= 0.3 is 5.97 Å². The number of ether oxygens (including phenoxy) is 3. The van der Waals surface area contributed by atoms with Crippen molar-refractivity contribution in [3.05, 3.63) is 29.3 Å². The molecule has 5 nitrogen and oxygen atoms in total. The molecule has 0 amide bonds. The number of hydrogen-bond acceptors (Lipinski definition) is 5. The maximum atomic E-state index is 13.0. The summed E-state index contributed by atoms with van der Waals surface area (Å²) in [6, 6.07) is 5.24. The van der Waals surface area contributed by atoms with Crippen LogP contribution in [0.4, 0.5) is 0 Å². The fourth-order valence-electron chi connectivity index (χ4n) is 4.67. The molecule has 4 rings (SSSR count). The van der Waals surface area contributed by atoms with Gasteiger partial charge in [-0.15, -0.1) is 0 Å². The Balaban J connectivity index is 1.83. The highest BCUT2D eigenvalue weighted by Gasteiger charge is 2.36. The van der Waals surface area contributed by atoms with Crippen LogP contribution in [0, 0.1) is 5.92 Å². The van der Waals surface area contributed by atoms with Gasteiger partial charge in [-0.2, -0.15) is 0 Å². The van der Waals surface area contributed by atoms with Crippen LogP contribution in [-0.2, 0) is 11.2 Å². The Labute approximate surface area is 165 Å². The predicted octanol–water partition coefficient (Wildman–Crippen LogP) is 5.00. The molecule has 0 saturated heterocycles. The predicted molar refractivity (Wildman–Crippen MR) is 107 cm³/mol. The number of carbonyl (C=O) groups excluding carboxylic acids is 1. The third-order valence-electron chi connectivity index (χ3n) is 5.85. The number of phenols is 1. The second-order valence-corrected chi connectivity index (χ2v) is 8.20. The quantitative estimate of drug-likeness (QED) is 0.751. The molecule has 2 aromatic rings. The maximum absolute atomic E-state index is 13.0. The second-order valence-electron chi connectivity index (χ2n) is 8.20. The summed E-state index contributed by atoms with van der Waals surface area (Å²) < 4.78 is 17.5. The molecule has 1 aliphatic heterocycles. The van der Waals surface area contributed by atoms with Crippen LogP contribution in [0.1, 0.15) is 61.9 Å². The highest BCUT2D eigenvalue weighted by atomic mass is 16.5. The van der Waals surface area contributed by atoms with Crippen LogP contribution in [0.2, 0.25) is 0 Å². The minimum absolute atomic E-state index is 0.0756. The zero-order chi connectivity index (χ0) is 19.8. The molecule has 5 heteroatoms. The Kier molecular flexibility index (Phi) is 5.09. The normalized spacial score (nSPS) is 20.1. The monoisotopic (exact) mass is 384 g/mol. The van der Waals surface area contributed by atoms with Crippen LogP contribution in [0.3, 0.4) is 0 Å². The molecule has 1 N–H and O–H groups in total. The van der Waals surface area contributed by atoms with Gasteiger partial charge in [0.1, 0.15) is 28.9 Å². The summed E-state index contributed by atoms with van der Waals surface area (Å²) in [5.74, 6) is 1.21. The van der Waals surface area contributed by atoms with Crippen molar-refractivity contribution in [3.8, 4) is 17.2 Å². The third kappa shape index (κ3) is 3.38. The summed E-state index contributed by atoms with van der Waals surface area (Å²) in [4.78, 5) is 13.0. The van der Waals surface area contributed by atoms with Gasteiger partial charge in [0, 0.05) is 12.5 Å². The van der Waals surface area contributed by atoms with Gasteiger partial charge in [0.2, 0.25) is 0 Å². The summed E-state index contributed by atoms with van der Waals surface area (Å²) in [5, 5.41) is 11.7. The number of carbonyl (C=O) groups is 1. The molecule has 1 heterocycles. The molecule has 1 aliphatic carbocycles. The lowest BCUT2D eigenvalue weighted by molar-refractivity contribution is 0.00242. The number of benzene rings is 2. The van der Waals surface area contributed by atoms with E-state index in [9.17, 15) is 9.90 Å². The maximum Gasteiger partial charge on any atom is 0.342 e. The largest absolute Gasteiger partial charge is 0.508 e. The molecule has 0 aromatic heterocycles. The molecule has 0 spiro atoms. The van der Waals surface area contributed by atoms with Crippen LogP contribution < -0.4 is 9.47 Å². The zero-order valence-corrected chi connectivity index (χ0v) is 16.8. The van der Waals surface area contributed by atoms with E-state index < -0.39 is 0 Å². The summed E-state index contributed by atoms with van der Waals surface area (Å²) >= 11 is 0. The molecule has 2 aliphatic rings. The standard InChI is InChI=1S/C23H28O5/c1-13(2)27-19-12-17(24)10-15-9-16-11-18(14-7-5-4-6-8-14)28-23(25)21(16)22(26-3)20(15)19/h9-10,12-14,18,24H,4-8,11H2,1-3H3/t18-/m0/s1. The van der Waals surface area contributed by atoms with Crippen LogP contribution in [-0.4, -0.2) is 30.4 Å². The Morgan fingerprint density at radius 3 is 2.57 bits per heavy atom. The van der Waals surface area contributed by atoms with Gasteiger partial charge in [0.05, 0.1) is 18.6 Å². The average molecular weight is 384 g/mol. The highest BCUT2D eigenvalue weighted by Crippen LogP contribution is 2.44. The molecule has 2 aromatic carbocycles. The molecular weight excluding hydrogens is 356 g/mol. The first-order valence-electron chi connectivity index (χ1n) is 10.2. The molecular formula is C23H28O5. The van der Waals surface area contributed by atoms with Gasteiger partial charge in [-0.25, -0.2) is 4.79 Å². The van der Waals surface area contributed by atoms with Crippen LogP contribution in [0.15, 0.2) is 18.2 Å². The fraction of sp³-hybridized carbons (Fsp3) is 0.522. The van der Waals surface area contributed by atoms with E-state index in [0.717, 1.165) is 23.8 Å². The number of fused-ring (bicyclic) bond motifs is 2. The fourth-order valence-corrected chi connectivity index (χ4v) is 4.67. The van der Waals surface area contributed by atoms with Gasteiger partial charge in [-0.1, -0.05) is 19.3 Å². The number of methoxy groups -OCH3 is 1. The van der Waals surface area contributed by atoms with Gasteiger partial charge in [0.25, 0.3) is 0 Å². The first-order chi connectivity index (χ1) is 13.5. The summed E-state index contributed by atoms with van der Waals surface area (Å²) in [5.41, 5.74) is 1.42. The molecule has 1 fully saturated rings. The van der Waals surface area contributed by atoms with Crippen LogP contribution in [0.25, 0.3) is 10.8 Å². The second kappa shape index (κ2) is 7.53. The summed E-state index contributed by atoms with van der Waals surface area (Å²) in [6.07, 6.45) is 6.45. The number of aromatic hydroxyl groups is 1. The van der Waals surface area contributed by atoms with Gasteiger partial charge in [-0.3, -0.25) is 0 Å². The highest BCUT2D eigenvalue weighted by molar-refractivity contribution is 6.06. The number of esters is 1. The molecule has 1 atom stereocenters. The van der Waals surface area contributed by atoms with E-state index >= 15 is 0 Å². The van der Waals surface area contributed by atoms with Gasteiger partial charge in [-0.05, 0) is 55.7 Å². The molecule has 1 saturated carbocycles. The van der Waals surface area contributed by atoms with E-state index in [1.807, 2.05) is 19.9 Å². The van der Waals surface area contributed by atoms with Crippen LogP contribution >= 0.6 is 0 Å². The molecule has 0 bridgehead atoms. The van der Waals surface area contributed by atoms with Gasteiger partial charge < -0.3 is 19.3 Å². The van der Waals surface area contributed by atoms with E-state index in [1.165, 1.54) is 19.3 Å². The lowest BCUT2D eigenvalue weighted by Gasteiger charge is -2.34. The first kappa shape index (κ1) is 18.9.